The van der Waals surface area contributed by atoms with Gasteiger partial charge in [0.15, 0.2) is 0 Å². The fourth-order valence-corrected chi connectivity index (χ4v) is 1.84. The van der Waals surface area contributed by atoms with Crippen molar-refractivity contribution in [1.29, 1.82) is 0 Å². The minimum atomic E-state index is -4.66. The van der Waals surface area contributed by atoms with E-state index in [-0.39, 0.29) is 6.42 Å². The van der Waals surface area contributed by atoms with Crippen LogP contribution < -0.4 is 16.1 Å². The van der Waals surface area contributed by atoms with Crippen molar-refractivity contribution in [2.24, 2.45) is 0 Å². The summed E-state index contributed by atoms with van der Waals surface area (Å²) >= 11 is 0. The molecule has 1 aromatic heterocycles. The van der Waals surface area contributed by atoms with Crippen LogP contribution in [0, 0.1) is 0 Å². The first-order valence-corrected chi connectivity index (χ1v) is 5.62. The van der Waals surface area contributed by atoms with Gasteiger partial charge in [-0.15, -0.1) is 0 Å². The van der Waals surface area contributed by atoms with Crippen molar-refractivity contribution >= 4 is 0 Å². The van der Waals surface area contributed by atoms with E-state index in [1.165, 1.54) is 7.11 Å². The zero-order chi connectivity index (χ0) is 14.9. The van der Waals surface area contributed by atoms with Crippen molar-refractivity contribution in [2.45, 2.75) is 12.6 Å². The van der Waals surface area contributed by atoms with Crippen molar-refractivity contribution in [3.8, 4) is 5.75 Å². The molecular formula is C12H12F3N3O2. The van der Waals surface area contributed by atoms with E-state index in [9.17, 15) is 18.0 Å². The van der Waals surface area contributed by atoms with Crippen LogP contribution in [0.1, 0.15) is 16.8 Å². The number of methoxy groups -OCH3 is 1. The summed E-state index contributed by atoms with van der Waals surface area (Å²) in [5.41, 5.74) is -1.88. The standard InChI is InChI=1S/C12H12F3N3O2/c1-20-8-4-2-7(3-5-8)6-9-10(12(13,14)15)17-18(16)11(9)19/h2-5,17H,6,16H2,1H3. The summed E-state index contributed by atoms with van der Waals surface area (Å²) in [6.45, 7) is 0. The molecule has 8 heteroatoms. The summed E-state index contributed by atoms with van der Waals surface area (Å²) < 4.78 is 43.4. The van der Waals surface area contributed by atoms with Gasteiger partial charge in [0.25, 0.3) is 5.56 Å². The Hall–Kier alpha value is -2.38. The van der Waals surface area contributed by atoms with E-state index >= 15 is 0 Å². The number of aromatic amines is 1. The Bertz CT molecular complexity index is 656. The summed E-state index contributed by atoms with van der Waals surface area (Å²) in [6.07, 6.45) is -4.83. The minimum absolute atomic E-state index is 0.168. The molecule has 0 saturated carbocycles. The van der Waals surface area contributed by atoms with Crippen molar-refractivity contribution in [3.63, 3.8) is 0 Å². The van der Waals surface area contributed by atoms with Gasteiger partial charge in [-0.05, 0) is 17.7 Å². The third kappa shape index (κ3) is 2.63. The van der Waals surface area contributed by atoms with Gasteiger partial charge in [-0.3, -0.25) is 9.89 Å². The highest BCUT2D eigenvalue weighted by Gasteiger charge is 2.37. The average molecular weight is 287 g/mol. The van der Waals surface area contributed by atoms with Gasteiger partial charge in [0.2, 0.25) is 0 Å². The number of benzene rings is 1. The molecule has 1 heterocycles. The fourth-order valence-electron chi connectivity index (χ4n) is 1.84. The van der Waals surface area contributed by atoms with Crippen LogP contribution >= 0.6 is 0 Å². The molecule has 20 heavy (non-hydrogen) atoms. The Balaban J connectivity index is 2.40. The smallest absolute Gasteiger partial charge is 0.433 e. The van der Waals surface area contributed by atoms with E-state index in [0.717, 1.165) is 0 Å². The van der Waals surface area contributed by atoms with Gasteiger partial charge in [-0.2, -0.15) is 18.0 Å². The molecule has 0 unspecified atom stereocenters. The second kappa shape index (κ2) is 4.95. The van der Waals surface area contributed by atoms with Crippen LogP contribution in [0.25, 0.3) is 0 Å². The van der Waals surface area contributed by atoms with Crippen LogP contribution in [-0.4, -0.2) is 17.0 Å². The number of nitrogens with two attached hydrogens (primary N) is 1. The van der Waals surface area contributed by atoms with Crippen LogP contribution in [0.4, 0.5) is 13.2 Å². The van der Waals surface area contributed by atoms with E-state index in [2.05, 4.69) is 0 Å². The van der Waals surface area contributed by atoms with Crippen molar-refractivity contribution < 1.29 is 17.9 Å². The number of ether oxygens (including phenoxy) is 1. The van der Waals surface area contributed by atoms with Crippen molar-refractivity contribution in [1.82, 2.24) is 9.89 Å². The fraction of sp³-hybridized carbons (Fsp3) is 0.250. The number of nitrogen functional groups attached to an aromatic ring is 1. The van der Waals surface area contributed by atoms with Gasteiger partial charge in [0.1, 0.15) is 11.4 Å². The van der Waals surface area contributed by atoms with E-state index < -0.39 is 23.0 Å². The number of nitrogens with one attached hydrogen (secondary N) is 1. The number of rotatable bonds is 3. The number of hydrogen-bond donors (Lipinski definition) is 2. The summed E-state index contributed by atoms with van der Waals surface area (Å²) in [7, 11) is 1.48. The molecule has 2 aromatic rings. The monoisotopic (exact) mass is 287 g/mol. The Labute approximate surface area is 111 Å². The first-order chi connectivity index (χ1) is 9.32. The summed E-state index contributed by atoms with van der Waals surface area (Å²) in [5.74, 6) is 5.74. The maximum absolute atomic E-state index is 12.8. The Morgan fingerprint density at radius 3 is 2.40 bits per heavy atom. The molecule has 0 spiro atoms. The van der Waals surface area contributed by atoms with Crippen LogP contribution in [0.3, 0.4) is 0 Å². The lowest BCUT2D eigenvalue weighted by atomic mass is 10.1. The second-order valence-corrected chi connectivity index (χ2v) is 4.16. The number of aromatic nitrogens is 2. The Morgan fingerprint density at radius 1 is 1.30 bits per heavy atom. The maximum atomic E-state index is 12.8. The number of H-pyrrole nitrogens is 1. The topological polar surface area (TPSA) is 73.0 Å². The van der Waals surface area contributed by atoms with Crippen LogP contribution in [-0.2, 0) is 12.6 Å². The van der Waals surface area contributed by atoms with E-state index in [0.29, 0.717) is 16.1 Å². The zero-order valence-electron chi connectivity index (χ0n) is 10.5. The highest BCUT2D eigenvalue weighted by atomic mass is 19.4. The molecule has 2 rings (SSSR count). The lowest BCUT2D eigenvalue weighted by Gasteiger charge is -2.07. The largest absolute Gasteiger partial charge is 0.497 e. The molecule has 0 atom stereocenters. The first-order valence-electron chi connectivity index (χ1n) is 5.62. The number of halogens is 3. The highest BCUT2D eigenvalue weighted by Crippen LogP contribution is 2.30. The lowest BCUT2D eigenvalue weighted by molar-refractivity contribution is -0.141. The molecule has 0 radical (unpaired) electrons. The van der Waals surface area contributed by atoms with Gasteiger partial charge in [0.05, 0.1) is 12.7 Å². The molecule has 0 fully saturated rings. The quantitative estimate of drug-likeness (QED) is 0.840. The molecule has 0 aliphatic heterocycles. The lowest BCUT2D eigenvalue weighted by Crippen LogP contribution is -2.26. The number of hydrogen-bond acceptors (Lipinski definition) is 3. The van der Waals surface area contributed by atoms with Gasteiger partial charge >= 0.3 is 6.18 Å². The maximum Gasteiger partial charge on any atom is 0.433 e. The van der Waals surface area contributed by atoms with E-state index in [1.807, 2.05) is 5.10 Å². The summed E-state index contributed by atoms with van der Waals surface area (Å²) in [4.78, 5) is 12.0. The molecule has 0 bridgehead atoms. The highest BCUT2D eigenvalue weighted by molar-refractivity contribution is 5.33. The summed E-state index contributed by atoms with van der Waals surface area (Å²) in [5, 5.41) is 1.83. The minimum Gasteiger partial charge on any atom is -0.497 e. The second-order valence-electron chi connectivity index (χ2n) is 4.16. The molecule has 0 aliphatic carbocycles. The van der Waals surface area contributed by atoms with Crippen LogP contribution in [0.15, 0.2) is 29.1 Å². The molecule has 5 nitrogen and oxygen atoms in total. The average Bonchev–Trinajstić information content (AvgIpc) is 2.68. The molecule has 0 amide bonds. The predicted octanol–water partition coefficient (Wildman–Crippen LogP) is 1.51. The molecule has 3 N–H and O–H groups in total. The van der Waals surface area contributed by atoms with Crippen LogP contribution in [0.2, 0.25) is 0 Å². The predicted molar refractivity (Wildman–Crippen MR) is 66.0 cm³/mol. The SMILES string of the molecule is COc1ccc(Cc2c(C(F)(F)F)[nH]n(N)c2=O)cc1. The van der Waals surface area contributed by atoms with E-state index in [4.69, 9.17) is 10.6 Å². The zero-order valence-corrected chi connectivity index (χ0v) is 10.5. The van der Waals surface area contributed by atoms with E-state index in [1.54, 1.807) is 24.3 Å². The Morgan fingerprint density at radius 2 is 1.90 bits per heavy atom. The van der Waals surface area contributed by atoms with Gasteiger partial charge in [-0.25, -0.2) is 0 Å². The molecular weight excluding hydrogens is 275 g/mol. The molecule has 0 aliphatic rings. The third-order valence-electron chi connectivity index (χ3n) is 2.83. The Kier molecular flexibility index (Phi) is 3.47. The molecule has 108 valence electrons. The van der Waals surface area contributed by atoms with Gasteiger partial charge in [-0.1, -0.05) is 12.1 Å². The number of nitrogens with zero attached hydrogens (tertiary/aromatic N) is 1. The summed E-state index contributed by atoms with van der Waals surface area (Å²) in [6, 6.07) is 6.39. The van der Waals surface area contributed by atoms with Crippen LogP contribution in [0.5, 0.6) is 5.75 Å². The normalized spacial score (nSPS) is 11.6. The van der Waals surface area contributed by atoms with Crippen molar-refractivity contribution in [2.75, 3.05) is 13.0 Å². The third-order valence-corrected chi connectivity index (χ3v) is 2.83. The van der Waals surface area contributed by atoms with Crippen molar-refractivity contribution in [3.05, 3.63) is 51.4 Å². The molecule has 0 saturated heterocycles. The number of alkyl halides is 3. The van der Waals surface area contributed by atoms with Gasteiger partial charge in [0, 0.05) is 6.42 Å². The van der Waals surface area contributed by atoms with Gasteiger partial charge < -0.3 is 10.6 Å². The first kappa shape index (κ1) is 14.0. The molecule has 1 aromatic carbocycles.